The van der Waals surface area contributed by atoms with Crippen molar-refractivity contribution in [3.05, 3.63) is 29.3 Å². The van der Waals surface area contributed by atoms with Crippen molar-refractivity contribution >= 4 is 11.6 Å². The Kier molecular flexibility index (Phi) is 3.92. The third-order valence-electron chi connectivity index (χ3n) is 3.76. The molecule has 2 rings (SSSR count). The molecule has 1 saturated heterocycles. The lowest BCUT2D eigenvalue weighted by molar-refractivity contribution is -0.136. The lowest BCUT2D eigenvalue weighted by atomic mass is 10.1. The normalized spacial score (nSPS) is 19.4. The molecular weight excluding hydrogens is 269 g/mol. The van der Waals surface area contributed by atoms with Crippen molar-refractivity contribution in [2.45, 2.75) is 25.9 Å². The molecule has 1 aliphatic rings. The Balaban J connectivity index is 2.23. The van der Waals surface area contributed by atoms with Gasteiger partial charge in [0.25, 0.3) is 5.91 Å². The SMILES string of the molecule is CCC1CCN(C(=O)c2ccc(N)c(C(F)(F)F)c2)C1. The molecule has 110 valence electrons. The number of nitrogens with two attached hydrogens (primary N) is 1. The van der Waals surface area contributed by atoms with Crippen LogP contribution in [0.4, 0.5) is 18.9 Å². The van der Waals surface area contributed by atoms with E-state index in [0.29, 0.717) is 19.0 Å². The molecule has 1 unspecified atom stereocenters. The van der Waals surface area contributed by atoms with E-state index in [-0.39, 0.29) is 17.2 Å². The summed E-state index contributed by atoms with van der Waals surface area (Å²) < 4.78 is 38.3. The standard InChI is InChI=1S/C14H17F3N2O/c1-2-9-5-6-19(8-9)13(20)10-3-4-12(18)11(7-10)14(15,16)17/h3-4,7,9H,2,5-6,8,18H2,1H3. The number of halogens is 3. The van der Waals surface area contributed by atoms with Crippen LogP contribution in [0.15, 0.2) is 18.2 Å². The molecule has 0 aromatic heterocycles. The number of amides is 1. The van der Waals surface area contributed by atoms with Crippen LogP contribution in [0.3, 0.4) is 0 Å². The maximum Gasteiger partial charge on any atom is 0.418 e. The quantitative estimate of drug-likeness (QED) is 0.849. The molecule has 2 N–H and O–H groups in total. The van der Waals surface area contributed by atoms with E-state index in [0.717, 1.165) is 25.0 Å². The van der Waals surface area contributed by atoms with E-state index >= 15 is 0 Å². The summed E-state index contributed by atoms with van der Waals surface area (Å²) in [5, 5.41) is 0. The first-order valence-corrected chi connectivity index (χ1v) is 6.59. The minimum absolute atomic E-state index is 0.0447. The Morgan fingerprint density at radius 2 is 2.15 bits per heavy atom. The van der Waals surface area contributed by atoms with Crippen LogP contribution >= 0.6 is 0 Å². The number of likely N-dealkylation sites (tertiary alicyclic amines) is 1. The largest absolute Gasteiger partial charge is 0.418 e. The van der Waals surface area contributed by atoms with Crippen LogP contribution < -0.4 is 5.73 Å². The third kappa shape index (κ3) is 2.89. The summed E-state index contributed by atoms with van der Waals surface area (Å²) in [5.41, 5.74) is 4.06. The highest BCUT2D eigenvalue weighted by molar-refractivity contribution is 5.95. The second kappa shape index (κ2) is 5.34. The average molecular weight is 286 g/mol. The van der Waals surface area contributed by atoms with E-state index < -0.39 is 11.7 Å². The molecule has 1 fully saturated rings. The number of anilines is 1. The van der Waals surface area contributed by atoms with Crippen molar-refractivity contribution in [3.63, 3.8) is 0 Å². The Labute approximate surface area is 115 Å². The fourth-order valence-electron chi connectivity index (χ4n) is 2.47. The number of nitrogens with zero attached hydrogens (tertiary/aromatic N) is 1. The summed E-state index contributed by atoms with van der Waals surface area (Å²) in [6, 6.07) is 3.34. The molecule has 0 bridgehead atoms. The Bertz CT molecular complexity index is 514. The van der Waals surface area contributed by atoms with E-state index in [1.54, 1.807) is 4.90 Å². The molecule has 6 heteroatoms. The highest BCUT2D eigenvalue weighted by Gasteiger charge is 2.34. The Hall–Kier alpha value is -1.72. The van der Waals surface area contributed by atoms with Crippen LogP contribution in [-0.2, 0) is 6.18 Å². The lowest BCUT2D eigenvalue weighted by Crippen LogP contribution is -2.29. The van der Waals surface area contributed by atoms with E-state index in [1.165, 1.54) is 6.07 Å². The highest BCUT2D eigenvalue weighted by atomic mass is 19.4. The number of rotatable bonds is 2. The Morgan fingerprint density at radius 3 is 2.70 bits per heavy atom. The lowest BCUT2D eigenvalue weighted by Gasteiger charge is -2.18. The van der Waals surface area contributed by atoms with Gasteiger partial charge in [-0.25, -0.2) is 0 Å². The molecule has 0 aliphatic carbocycles. The van der Waals surface area contributed by atoms with Gasteiger partial charge in [0.05, 0.1) is 5.56 Å². The zero-order valence-corrected chi connectivity index (χ0v) is 11.2. The molecule has 1 aromatic carbocycles. The van der Waals surface area contributed by atoms with E-state index in [9.17, 15) is 18.0 Å². The van der Waals surface area contributed by atoms with E-state index in [1.807, 2.05) is 6.92 Å². The first-order chi connectivity index (χ1) is 9.32. The number of benzene rings is 1. The predicted molar refractivity (Wildman–Crippen MR) is 70.2 cm³/mol. The summed E-state index contributed by atoms with van der Waals surface area (Å²) in [6.07, 6.45) is -2.67. The van der Waals surface area contributed by atoms with Crippen molar-refractivity contribution < 1.29 is 18.0 Å². The van der Waals surface area contributed by atoms with Gasteiger partial charge in [0.15, 0.2) is 0 Å². The van der Waals surface area contributed by atoms with E-state index in [2.05, 4.69) is 0 Å². The summed E-state index contributed by atoms with van der Waals surface area (Å²) in [6.45, 7) is 3.26. The zero-order chi connectivity index (χ0) is 14.9. The van der Waals surface area contributed by atoms with Crippen molar-refractivity contribution in [1.82, 2.24) is 4.90 Å². The number of hydrogen-bond acceptors (Lipinski definition) is 2. The first-order valence-electron chi connectivity index (χ1n) is 6.59. The van der Waals surface area contributed by atoms with Gasteiger partial charge in [0, 0.05) is 24.3 Å². The topological polar surface area (TPSA) is 46.3 Å². The van der Waals surface area contributed by atoms with Gasteiger partial charge >= 0.3 is 6.18 Å². The molecule has 1 aliphatic heterocycles. The molecule has 20 heavy (non-hydrogen) atoms. The van der Waals surface area contributed by atoms with Crippen molar-refractivity contribution in [2.24, 2.45) is 5.92 Å². The van der Waals surface area contributed by atoms with Gasteiger partial charge in [0.1, 0.15) is 0 Å². The second-order valence-corrected chi connectivity index (χ2v) is 5.11. The molecular formula is C14H17F3N2O. The van der Waals surface area contributed by atoms with Gasteiger partial charge in [-0.05, 0) is 30.5 Å². The fraction of sp³-hybridized carbons (Fsp3) is 0.500. The van der Waals surface area contributed by atoms with Gasteiger partial charge in [-0.15, -0.1) is 0 Å². The van der Waals surface area contributed by atoms with Crippen LogP contribution in [0.25, 0.3) is 0 Å². The third-order valence-corrected chi connectivity index (χ3v) is 3.76. The summed E-state index contributed by atoms with van der Waals surface area (Å²) in [4.78, 5) is 13.8. The first kappa shape index (κ1) is 14.7. The number of carbonyl (C=O) groups is 1. The molecule has 1 atom stereocenters. The van der Waals surface area contributed by atoms with Gasteiger partial charge < -0.3 is 10.6 Å². The number of carbonyl (C=O) groups excluding carboxylic acids is 1. The van der Waals surface area contributed by atoms with Gasteiger partial charge in [-0.3, -0.25) is 4.79 Å². The molecule has 0 saturated carbocycles. The maximum atomic E-state index is 12.8. The number of nitrogen functional groups attached to an aromatic ring is 1. The van der Waals surface area contributed by atoms with Crippen LogP contribution in [0.5, 0.6) is 0 Å². The van der Waals surface area contributed by atoms with Crippen LogP contribution in [0.1, 0.15) is 35.7 Å². The van der Waals surface area contributed by atoms with Crippen LogP contribution in [-0.4, -0.2) is 23.9 Å². The summed E-state index contributed by atoms with van der Waals surface area (Å²) in [7, 11) is 0. The minimum atomic E-state index is -4.54. The fourth-order valence-corrected chi connectivity index (χ4v) is 2.47. The van der Waals surface area contributed by atoms with Crippen molar-refractivity contribution in [3.8, 4) is 0 Å². The second-order valence-electron chi connectivity index (χ2n) is 5.11. The molecule has 0 spiro atoms. The molecule has 1 aromatic rings. The Morgan fingerprint density at radius 1 is 1.45 bits per heavy atom. The average Bonchev–Trinajstić information content (AvgIpc) is 2.86. The van der Waals surface area contributed by atoms with Gasteiger partial charge in [0.2, 0.25) is 0 Å². The van der Waals surface area contributed by atoms with Crippen LogP contribution in [0, 0.1) is 5.92 Å². The van der Waals surface area contributed by atoms with Crippen molar-refractivity contribution in [2.75, 3.05) is 18.8 Å². The number of hydrogen-bond donors (Lipinski definition) is 1. The van der Waals surface area contributed by atoms with Gasteiger partial charge in [-0.2, -0.15) is 13.2 Å². The monoisotopic (exact) mass is 286 g/mol. The summed E-state index contributed by atoms with van der Waals surface area (Å²) in [5.74, 6) is 0.0845. The highest BCUT2D eigenvalue weighted by Crippen LogP contribution is 2.34. The smallest absolute Gasteiger partial charge is 0.398 e. The van der Waals surface area contributed by atoms with Crippen molar-refractivity contribution in [1.29, 1.82) is 0 Å². The number of alkyl halides is 3. The van der Waals surface area contributed by atoms with Gasteiger partial charge in [-0.1, -0.05) is 13.3 Å². The maximum absolute atomic E-state index is 12.8. The molecule has 1 heterocycles. The summed E-state index contributed by atoms with van der Waals surface area (Å²) >= 11 is 0. The molecule has 0 radical (unpaired) electrons. The zero-order valence-electron chi connectivity index (χ0n) is 11.2. The van der Waals surface area contributed by atoms with Crippen LogP contribution in [0.2, 0.25) is 0 Å². The van der Waals surface area contributed by atoms with E-state index in [4.69, 9.17) is 5.73 Å². The predicted octanol–water partition coefficient (Wildman–Crippen LogP) is 3.16. The molecule has 3 nitrogen and oxygen atoms in total. The minimum Gasteiger partial charge on any atom is -0.398 e. The molecule has 1 amide bonds.